The van der Waals surface area contributed by atoms with Crippen LogP contribution in [0.25, 0.3) is 0 Å². The van der Waals surface area contributed by atoms with Crippen molar-refractivity contribution >= 4 is 11.9 Å². The summed E-state index contributed by atoms with van der Waals surface area (Å²) in [5.41, 5.74) is 0. The van der Waals surface area contributed by atoms with Crippen LogP contribution in [0.4, 0.5) is 0 Å². The van der Waals surface area contributed by atoms with Crippen LogP contribution in [0.2, 0.25) is 0 Å². The minimum atomic E-state index is -0.365. The predicted octanol–water partition coefficient (Wildman–Crippen LogP) is -0.368. The number of hydrogen-bond acceptors (Lipinski definition) is 5. The summed E-state index contributed by atoms with van der Waals surface area (Å²) in [7, 11) is 2.91. The highest BCUT2D eigenvalue weighted by Crippen LogP contribution is 1.99. The van der Waals surface area contributed by atoms with Crippen LogP contribution in [-0.2, 0) is 19.1 Å². The molecule has 0 aromatic rings. The van der Waals surface area contributed by atoms with Crippen LogP contribution in [0, 0.1) is 0 Å². The molecule has 0 bridgehead atoms. The Hall–Kier alpha value is -1.14. The molecule has 6 nitrogen and oxygen atoms in total. The molecule has 0 radical (unpaired) electrons. The highest BCUT2D eigenvalue weighted by atomic mass is 16.5. The van der Waals surface area contributed by atoms with E-state index in [1.807, 2.05) is 6.92 Å². The number of esters is 1. The van der Waals surface area contributed by atoms with E-state index >= 15 is 0 Å². The number of likely N-dealkylation sites (N-methyl/N-ethyl adjacent to an activating group) is 1. The molecule has 0 saturated heterocycles. The van der Waals surface area contributed by atoms with Gasteiger partial charge in [-0.15, -0.1) is 0 Å². The number of methoxy groups -OCH3 is 2. The zero-order valence-electron chi connectivity index (χ0n) is 11.0. The third-order valence-corrected chi connectivity index (χ3v) is 2.50. The molecule has 0 saturated carbocycles. The summed E-state index contributed by atoms with van der Waals surface area (Å²) >= 11 is 0. The Morgan fingerprint density at radius 3 is 2.47 bits per heavy atom. The van der Waals surface area contributed by atoms with Crippen LogP contribution in [0.5, 0.6) is 0 Å². The van der Waals surface area contributed by atoms with Gasteiger partial charge in [0.05, 0.1) is 26.3 Å². The molecule has 0 spiro atoms. The van der Waals surface area contributed by atoms with E-state index in [-0.39, 0.29) is 24.5 Å². The van der Waals surface area contributed by atoms with E-state index in [1.54, 1.807) is 18.9 Å². The SMILES string of the molecule is CCN(CC(=O)OC)C(C)C(=O)NCCOC. The van der Waals surface area contributed by atoms with Crippen molar-refractivity contribution < 1.29 is 19.1 Å². The van der Waals surface area contributed by atoms with E-state index in [2.05, 4.69) is 10.1 Å². The molecule has 1 unspecified atom stereocenters. The molecule has 0 fully saturated rings. The highest BCUT2D eigenvalue weighted by molar-refractivity contribution is 5.82. The second-order valence-corrected chi connectivity index (χ2v) is 3.60. The number of carbonyl (C=O) groups is 2. The Labute approximate surface area is 102 Å². The Bertz CT molecular complexity index is 246. The van der Waals surface area contributed by atoms with Crippen molar-refractivity contribution in [3.8, 4) is 0 Å². The number of rotatable bonds is 8. The van der Waals surface area contributed by atoms with Crippen molar-refractivity contribution in [2.75, 3.05) is 40.5 Å². The lowest BCUT2D eigenvalue weighted by Crippen LogP contribution is -2.47. The first-order valence-corrected chi connectivity index (χ1v) is 5.64. The molecule has 1 atom stereocenters. The van der Waals surface area contributed by atoms with Gasteiger partial charge >= 0.3 is 5.97 Å². The number of nitrogens with zero attached hydrogens (tertiary/aromatic N) is 1. The van der Waals surface area contributed by atoms with E-state index in [1.165, 1.54) is 7.11 Å². The molecule has 0 aliphatic heterocycles. The quantitative estimate of drug-likeness (QED) is 0.467. The van der Waals surface area contributed by atoms with Gasteiger partial charge in [0.15, 0.2) is 0 Å². The first kappa shape index (κ1) is 15.9. The molecule has 0 rings (SSSR count). The monoisotopic (exact) mass is 246 g/mol. The number of amides is 1. The fourth-order valence-corrected chi connectivity index (χ4v) is 1.34. The van der Waals surface area contributed by atoms with Gasteiger partial charge < -0.3 is 14.8 Å². The van der Waals surface area contributed by atoms with Crippen molar-refractivity contribution in [2.45, 2.75) is 19.9 Å². The van der Waals surface area contributed by atoms with Crippen molar-refractivity contribution in [1.29, 1.82) is 0 Å². The molecule has 0 aliphatic carbocycles. The van der Waals surface area contributed by atoms with Crippen molar-refractivity contribution in [3.05, 3.63) is 0 Å². The third-order valence-electron chi connectivity index (χ3n) is 2.50. The van der Waals surface area contributed by atoms with Gasteiger partial charge in [0.2, 0.25) is 5.91 Å². The van der Waals surface area contributed by atoms with Crippen molar-refractivity contribution in [3.63, 3.8) is 0 Å². The number of nitrogens with one attached hydrogen (secondary N) is 1. The van der Waals surface area contributed by atoms with Crippen LogP contribution in [0.3, 0.4) is 0 Å². The molecule has 0 aromatic heterocycles. The first-order chi connectivity index (χ1) is 8.06. The molecule has 1 N–H and O–H groups in total. The molecular weight excluding hydrogens is 224 g/mol. The average molecular weight is 246 g/mol. The van der Waals surface area contributed by atoms with Crippen molar-refractivity contribution in [1.82, 2.24) is 10.2 Å². The van der Waals surface area contributed by atoms with Gasteiger partial charge in [-0.05, 0) is 13.5 Å². The number of carbonyl (C=O) groups excluding carboxylic acids is 2. The fraction of sp³-hybridized carbons (Fsp3) is 0.818. The number of ether oxygens (including phenoxy) is 2. The van der Waals surface area contributed by atoms with Gasteiger partial charge in [-0.1, -0.05) is 6.92 Å². The Balaban J connectivity index is 4.17. The summed E-state index contributed by atoms with van der Waals surface area (Å²) in [5.74, 6) is -0.462. The lowest BCUT2D eigenvalue weighted by atomic mass is 10.2. The fourth-order valence-electron chi connectivity index (χ4n) is 1.34. The average Bonchev–Trinajstić information content (AvgIpc) is 2.34. The Morgan fingerprint density at radius 2 is 2.00 bits per heavy atom. The van der Waals surface area contributed by atoms with Gasteiger partial charge in [-0.2, -0.15) is 0 Å². The lowest BCUT2D eigenvalue weighted by Gasteiger charge is -2.25. The van der Waals surface area contributed by atoms with Crippen LogP contribution in [0.1, 0.15) is 13.8 Å². The second kappa shape index (κ2) is 8.95. The largest absolute Gasteiger partial charge is 0.468 e. The molecule has 0 aromatic carbocycles. The predicted molar refractivity (Wildman–Crippen MR) is 63.6 cm³/mol. The van der Waals surface area contributed by atoms with E-state index in [0.29, 0.717) is 19.7 Å². The van der Waals surface area contributed by atoms with Gasteiger partial charge in [0.1, 0.15) is 0 Å². The van der Waals surface area contributed by atoms with Crippen LogP contribution < -0.4 is 5.32 Å². The second-order valence-electron chi connectivity index (χ2n) is 3.60. The van der Waals surface area contributed by atoms with E-state index < -0.39 is 0 Å². The summed E-state index contributed by atoms with van der Waals surface area (Å²) < 4.78 is 9.42. The molecule has 0 heterocycles. The summed E-state index contributed by atoms with van der Waals surface area (Å²) in [5, 5.41) is 2.73. The molecule has 0 aliphatic rings. The third kappa shape index (κ3) is 6.23. The molecule has 17 heavy (non-hydrogen) atoms. The first-order valence-electron chi connectivity index (χ1n) is 5.64. The van der Waals surface area contributed by atoms with Gasteiger partial charge in [-0.25, -0.2) is 0 Å². The molecule has 6 heteroatoms. The maximum atomic E-state index is 11.7. The maximum absolute atomic E-state index is 11.7. The highest BCUT2D eigenvalue weighted by Gasteiger charge is 2.21. The zero-order chi connectivity index (χ0) is 13.3. The normalized spacial score (nSPS) is 12.3. The minimum Gasteiger partial charge on any atom is -0.468 e. The summed E-state index contributed by atoms with van der Waals surface area (Å²) in [6, 6.07) is -0.365. The minimum absolute atomic E-state index is 0.117. The van der Waals surface area contributed by atoms with Crippen molar-refractivity contribution in [2.24, 2.45) is 0 Å². The summed E-state index contributed by atoms with van der Waals surface area (Å²) in [6.45, 7) is 5.31. The molecule has 1 amide bonds. The smallest absolute Gasteiger partial charge is 0.319 e. The van der Waals surface area contributed by atoms with Crippen LogP contribution in [0.15, 0.2) is 0 Å². The summed E-state index contributed by atoms with van der Waals surface area (Å²) in [6.07, 6.45) is 0. The van der Waals surface area contributed by atoms with Crippen LogP contribution in [-0.4, -0.2) is 63.3 Å². The number of hydrogen-bond donors (Lipinski definition) is 1. The lowest BCUT2D eigenvalue weighted by molar-refractivity contribution is -0.143. The van der Waals surface area contributed by atoms with Gasteiger partial charge in [0, 0.05) is 13.7 Å². The standard InChI is InChI=1S/C11H22N2O4/c1-5-13(8-10(14)17-4)9(2)11(15)12-6-7-16-3/h9H,5-8H2,1-4H3,(H,12,15). The zero-order valence-corrected chi connectivity index (χ0v) is 11.0. The molecule has 100 valence electrons. The van der Waals surface area contributed by atoms with Crippen LogP contribution >= 0.6 is 0 Å². The van der Waals surface area contributed by atoms with E-state index in [9.17, 15) is 9.59 Å². The topological polar surface area (TPSA) is 67.9 Å². The Morgan fingerprint density at radius 1 is 1.35 bits per heavy atom. The van der Waals surface area contributed by atoms with Gasteiger partial charge in [0.25, 0.3) is 0 Å². The van der Waals surface area contributed by atoms with Gasteiger partial charge in [-0.3, -0.25) is 14.5 Å². The Kier molecular flexibility index (Phi) is 8.35. The van der Waals surface area contributed by atoms with E-state index in [0.717, 1.165) is 0 Å². The van der Waals surface area contributed by atoms with E-state index in [4.69, 9.17) is 4.74 Å². The molecular formula is C11H22N2O4. The summed E-state index contributed by atoms with van der Waals surface area (Å²) in [4.78, 5) is 24.6. The maximum Gasteiger partial charge on any atom is 0.319 e.